The van der Waals surface area contributed by atoms with E-state index in [1.165, 1.54) is 4.90 Å². The van der Waals surface area contributed by atoms with Gasteiger partial charge in [0.05, 0.1) is 0 Å². The minimum Gasteiger partial charge on any atom is -0.247 e. The number of hydrogen-bond donors (Lipinski definition) is 0. The molecule has 1 nitrogen and oxygen atoms in total. The zero-order chi connectivity index (χ0) is 11.6. The normalized spacial score (nSPS) is 29.4. The molecule has 0 aliphatic carbocycles. The molecule has 0 N–H and O–H groups in total. The molecule has 0 radical (unpaired) electrons. The van der Waals surface area contributed by atoms with Gasteiger partial charge in [-0.15, -0.1) is 0 Å². The van der Waals surface area contributed by atoms with Crippen molar-refractivity contribution >= 4 is 0 Å². The Morgan fingerprint density at radius 1 is 1.00 bits per heavy atom. The lowest BCUT2D eigenvalue weighted by Crippen LogP contribution is -2.46. The molecule has 2 atom stereocenters. The van der Waals surface area contributed by atoms with Gasteiger partial charge in [-0.3, -0.25) is 0 Å². The fraction of sp³-hybridized carbons (Fsp3) is 1.00. The van der Waals surface area contributed by atoms with Crippen molar-refractivity contribution in [1.29, 1.82) is 0 Å². The molecule has 0 aromatic heterocycles. The first-order chi connectivity index (χ1) is 6.93. The molecule has 0 aromatic carbocycles. The van der Waals surface area contributed by atoms with Crippen molar-refractivity contribution in [2.24, 2.45) is 23.7 Å². The summed E-state index contributed by atoms with van der Waals surface area (Å²) in [5.74, 6) is 2.14. The average molecular weight is 219 g/mol. The number of nitrogens with zero attached hydrogens (tertiary/aromatic N) is 1. The number of rotatable bonds is 3. The van der Waals surface area contributed by atoms with Gasteiger partial charge in [-0.25, -0.2) is 4.90 Å². The minimum absolute atomic E-state index is 0.424. The van der Waals surface area contributed by atoms with Crippen LogP contribution in [0.4, 0.5) is 8.78 Å². The van der Waals surface area contributed by atoms with Gasteiger partial charge in [-0.1, -0.05) is 27.7 Å². The lowest BCUT2D eigenvalue weighted by molar-refractivity contribution is -0.0733. The quantitative estimate of drug-likeness (QED) is 0.657. The van der Waals surface area contributed by atoms with E-state index in [0.717, 1.165) is 6.42 Å². The van der Waals surface area contributed by atoms with Gasteiger partial charge in [0.1, 0.15) is 0 Å². The van der Waals surface area contributed by atoms with Crippen LogP contribution in [0.2, 0.25) is 0 Å². The Kier molecular flexibility index (Phi) is 4.50. The Balaban J connectivity index is 2.65. The van der Waals surface area contributed by atoms with E-state index in [4.69, 9.17) is 0 Å². The Bertz CT molecular complexity index is 192. The van der Waals surface area contributed by atoms with Crippen molar-refractivity contribution in [3.63, 3.8) is 0 Å². The van der Waals surface area contributed by atoms with E-state index in [1.807, 2.05) is 0 Å². The zero-order valence-electron chi connectivity index (χ0n) is 10.2. The summed E-state index contributed by atoms with van der Waals surface area (Å²) in [5.41, 5.74) is 0. The second-order valence-electron chi connectivity index (χ2n) is 5.38. The molecule has 0 aromatic rings. The molecule has 0 spiro atoms. The summed E-state index contributed by atoms with van der Waals surface area (Å²) in [7, 11) is 0. The zero-order valence-corrected chi connectivity index (χ0v) is 10.2. The molecule has 1 aliphatic rings. The highest BCUT2D eigenvalue weighted by atomic mass is 19.3. The van der Waals surface area contributed by atoms with Crippen LogP contribution in [0, 0.1) is 23.7 Å². The predicted octanol–water partition coefficient (Wildman–Crippen LogP) is 3.46. The lowest BCUT2D eigenvalue weighted by atomic mass is 9.73. The minimum atomic E-state index is -2.28. The molecule has 2 unspecified atom stereocenters. The Morgan fingerprint density at radius 3 is 1.93 bits per heavy atom. The molecule has 0 saturated carbocycles. The molecule has 0 bridgehead atoms. The third-order valence-corrected chi connectivity index (χ3v) is 3.73. The molecule has 1 aliphatic heterocycles. The van der Waals surface area contributed by atoms with Crippen molar-refractivity contribution < 1.29 is 8.78 Å². The van der Waals surface area contributed by atoms with E-state index in [1.54, 1.807) is 0 Å². The van der Waals surface area contributed by atoms with Gasteiger partial charge in [-0.05, 0) is 30.1 Å². The van der Waals surface area contributed by atoms with Crippen LogP contribution in [-0.4, -0.2) is 24.5 Å². The molecular formula is C12H23F2N. The molecule has 1 saturated heterocycles. The molecule has 0 amide bonds. The number of likely N-dealkylation sites (tertiary alicyclic amines) is 1. The van der Waals surface area contributed by atoms with Crippen molar-refractivity contribution in [2.45, 2.75) is 40.7 Å². The topological polar surface area (TPSA) is 3.24 Å². The standard InChI is InChI=1S/C12H23F2N/c1-8(2)10-5-6-15(12(13)14)7-11(10)9(3)4/h8-12H,5-7H2,1-4H3. The number of piperidine rings is 1. The van der Waals surface area contributed by atoms with E-state index in [2.05, 4.69) is 27.7 Å². The summed E-state index contributed by atoms with van der Waals surface area (Å²) in [6.07, 6.45) is 0.921. The molecule has 15 heavy (non-hydrogen) atoms. The van der Waals surface area contributed by atoms with E-state index in [0.29, 0.717) is 36.8 Å². The van der Waals surface area contributed by atoms with Gasteiger partial charge in [0.2, 0.25) is 0 Å². The molecule has 1 fully saturated rings. The molecule has 90 valence electrons. The largest absolute Gasteiger partial charge is 0.294 e. The van der Waals surface area contributed by atoms with E-state index >= 15 is 0 Å². The van der Waals surface area contributed by atoms with E-state index in [-0.39, 0.29) is 0 Å². The molecule has 1 rings (SSSR count). The van der Waals surface area contributed by atoms with Crippen molar-refractivity contribution in [1.82, 2.24) is 4.90 Å². The van der Waals surface area contributed by atoms with E-state index < -0.39 is 6.55 Å². The van der Waals surface area contributed by atoms with Crippen LogP contribution < -0.4 is 0 Å². The maximum Gasteiger partial charge on any atom is 0.294 e. The summed E-state index contributed by atoms with van der Waals surface area (Å²) >= 11 is 0. The fourth-order valence-electron chi connectivity index (χ4n) is 2.74. The highest BCUT2D eigenvalue weighted by Gasteiger charge is 2.35. The smallest absolute Gasteiger partial charge is 0.247 e. The fourth-order valence-corrected chi connectivity index (χ4v) is 2.74. The monoisotopic (exact) mass is 219 g/mol. The first-order valence-electron chi connectivity index (χ1n) is 5.95. The van der Waals surface area contributed by atoms with Gasteiger partial charge in [0.25, 0.3) is 6.55 Å². The predicted molar refractivity (Wildman–Crippen MR) is 58.9 cm³/mol. The van der Waals surface area contributed by atoms with Crippen LogP contribution in [-0.2, 0) is 0 Å². The highest BCUT2D eigenvalue weighted by molar-refractivity contribution is 4.83. The Labute approximate surface area is 91.8 Å². The number of alkyl halides is 2. The number of hydrogen-bond acceptors (Lipinski definition) is 1. The highest BCUT2D eigenvalue weighted by Crippen LogP contribution is 2.35. The first kappa shape index (κ1) is 12.9. The third kappa shape index (κ3) is 3.13. The van der Waals surface area contributed by atoms with Gasteiger partial charge in [-0.2, -0.15) is 8.78 Å². The third-order valence-electron chi connectivity index (χ3n) is 3.73. The van der Waals surface area contributed by atoms with Crippen molar-refractivity contribution in [3.05, 3.63) is 0 Å². The van der Waals surface area contributed by atoms with Crippen LogP contribution in [0.3, 0.4) is 0 Å². The van der Waals surface area contributed by atoms with Crippen molar-refractivity contribution in [3.8, 4) is 0 Å². The van der Waals surface area contributed by atoms with Crippen LogP contribution >= 0.6 is 0 Å². The van der Waals surface area contributed by atoms with Gasteiger partial charge in [0.15, 0.2) is 0 Å². The van der Waals surface area contributed by atoms with Crippen LogP contribution in [0.1, 0.15) is 34.1 Å². The summed E-state index contributed by atoms with van der Waals surface area (Å²) in [6.45, 7) is 7.56. The number of halogens is 2. The van der Waals surface area contributed by atoms with Crippen LogP contribution in [0.15, 0.2) is 0 Å². The molecular weight excluding hydrogens is 196 g/mol. The summed E-state index contributed by atoms with van der Waals surface area (Å²) in [6, 6.07) is 0. The first-order valence-corrected chi connectivity index (χ1v) is 5.95. The second kappa shape index (κ2) is 5.24. The second-order valence-corrected chi connectivity index (χ2v) is 5.38. The van der Waals surface area contributed by atoms with Gasteiger partial charge < -0.3 is 0 Å². The van der Waals surface area contributed by atoms with Gasteiger partial charge >= 0.3 is 0 Å². The Morgan fingerprint density at radius 2 is 1.53 bits per heavy atom. The van der Waals surface area contributed by atoms with Gasteiger partial charge in [0, 0.05) is 13.1 Å². The molecule has 1 heterocycles. The summed E-state index contributed by atoms with van der Waals surface area (Å²) in [4.78, 5) is 1.32. The average Bonchev–Trinajstić information content (AvgIpc) is 2.16. The Hall–Kier alpha value is -0.180. The van der Waals surface area contributed by atoms with Crippen LogP contribution in [0.5, 0.6) is 0 Å². The SMILES string of the molecule is CC(C)C1CCN(C(F)F)CC1C(C)C. The maximum atomic E-state index is 12.6. The maximum absolute atomic E-state index is 12.6. The van der Waals surface area contributed by atoms with Crippen molar-refractivity contribution in [2.75, 3.05) is 13.1 Å². The van der Waals surface area contributed by atoms with Crippen LogP contribution in [0.25, 0.3) is 0 Å². The summed E-state index contributed by atoms with van der Waals surface area (Å²) in [5, 5.41) is 0. The lowest BCUT2D eigenvalue weighted by Gasteiger charge is -2.42. The summed E-state index contributed by atoms with van der Waals surface area (Å²) < 4.78 is 25.2. The molecule has 3 heteroatoms. The van der Waals surface area contributed by atoms with E-state index in [9.17, 15) is 8.78 Å².